The second kappa shape index (κ2) is 6.07. The Hall–Kier alpha value is -2.11. The van der Waals surface area contributed by atoms with Crippen LogP contribution in [0.25, 0.3) is 6.08 Å². The van der Waals surface area contributed by atoms with Crippen molar-refractivity contribution in [3.8, 4) is 5.75 Å². The zero-order valence-electron chi connectivity index (χ0n) is 14.3. The number of allylic oxidation sites excluding steroid dienone is 1. The number of ketones is 1. The lowest BCUT2D eigenvalue weighted by Gasteiger charge is -2.61. The highest BCUT2D eigenvalue weighted by molar-refractivity contribution is 5.92. The molecule has 5 nitrogen and oxygen atoms in total. The molecule has 0 bridgehead atoms. The van der Waals surface area contributed by atoms with Gasteiger partial charge in [-0.1, -0.05) is 12.1 Å². The van der Waals surface area contributed by atoms with Crippen LogP contribution < -0.4 is 15.4 Å². The van der Waals surface area contributed by atoms with Crippen LogP contribution in [0.3, 0.4) is 0 Å². The molecule has 128 valence electrons. The van der Waals surface area contributed by atoms with Crippen molar-refractivity contribution < 1.29 is 14.6 Å². The zero-order valence-corrected chi connectivity index (χ0v) is 14.3. The third kappa shape index (κ3) is 2.54. The van der Waals surface area contributed by atoms with Crippen LogP contribution in [0.15, 0.2) is 42.1 Å². The predicted octanol–water partition coefficient (Wildman–Crippen LogP) is 1.49. The summed E-state index contributed by atoms with van der Waals surface area (Å²) in [5.41, 5.74) is 0.646. The number of carbonyl (C=O) groups excluding carboxylic acids is 1. The first kappa shape index (κ1) is 16.7. The second-order valence-corrected chi connectivity index (χ2v) is 6.53. The maximum atomic E-state index is 11.9. The molecule has 2 aliphatic rings. The van der Waals surface area contributed by atoms with Gasteiger partial charge in [0.2, 0.25) is 0 Å². The highest BCUT2D eigenvalue weighted by Crippen LogP contribution is 2.54. The average molecular weight is 328 g/mol. The number of ether oxygens (including phenoxy) is 1. The van der Waals surface area contributed by atoms with E-state index in [1.165, 1.54) is 6.08 Å². The third-order valence-electron chi connectivity index (χ3n) is 5.35. The first-order valence-corrected chi connectivity index (χ1v) is 8.15. The van der Waals surface area contributed by atoms with Crippen LogP contribution in [-0.2, 0) is 4.79 Å². The molecule has 0 spiro atoms. The maximum Gasteiger partial charge on any atom is 0.155 e. The van der Waals surface area contributed by atoms with Crippen LogP contribution >= 0.6 is 0 Å². The number of likely N-dealkylation sites (N-methyl/N-ethyl adjacent to an activating group) is 2. The summed E-state index contributed by atoms with van der Waals surface area (Å²) in [6.45, 7) is 0. The molecule has 3 rings (SSSR count). The Morgan fingerprint density at radius 1 is 1.33 bits per heavy atom. The first-order valence-electron chi connectivity index (χ1n) is 8.15. The van der Waals surface area contributed by atoms with Crippen molar-refractivity contribution in [2.45, 2.75) is 24.0 Å². The van der Waals surface area contributed by atoms with Crippen LogP contribution in [0, 0.1) is 5.92 Å². The number of fused-ring (bicyclic) bond motifs is 1. The molecule has 3 N–H and O–H groups in total. The molecule has 1 fully saturated rings. The number of rotatable bonds is 5. The maximum absolute atomic E-state index is 11.9. The fourth-order valence-electron chi connectivity index (χ4n) is 3.99. The molecule has 5 heteroatoms. The first-order chi connectivity index (χ1) is 11.5. The number of methoxy groups -OCH3 is 1. The molecule has 3 atom stereocenters. The smallest absolute Gasteiger partial charge is 0.155 e. The van der Waals surface area contributed by atoms with Gasteiger partial charge >= 0.3 is 0 Å². The number of nitrogens with one attached hydrogen (secondary N) is 2. The Labute approximate surface area is 142 Å². The van der Waals surface area contributed by atoms with E-state index in [0.717, 1.165) is 17.0 Å². The number of benzene rings is 1. The molecule has 0 aliphatic heterocycles. The highest BCUT2D eigenvalue weighted by Gasteiger charge is 2.64. The summed E-state index contributed by atoms with van der Waals surface area (Å²) < 4.78 is 5.19. The third-order valence-corrected chi connectivity index (χ3v) is 5.35. The summed E-state index contributed by atoms with van der Waals surface area (Å²) in [6, 6.07) is 7.79. The van der Waals surface area contributed by atoms with Crippen LogP contribution in [0.2, 0.25) is 0 Å². The van der Waals surface area contributed by atoms with Crippen molar-refractivity contribution in [2.24, 2.45) is 5.92 Å². The van der Waals surface area contributed by atoms with E-state index in [4.69, 9.17) is 4.74 Å². The van der Waals surface area contributed by atoms with Gasteiger partial charge in [0.1, 0.15) is 5.75 Å². The number of hydrogen-bond acceptors (Lipinski definition) is 5. The molecule has 0 amide bonds. The number of hydrogen-bond donors (Lipinski definition) is 3. The molecule has 0 aromatic heterocycles. The summed E-state index contributed by atoms with van der Waals surface area (Å²) in [7, 11) is 5.39. The monoisotopic (exact) mass is 328 g/mol. The predicted molar refractivity (Wildman–Crippen MR) is 93.6 cm³/mol. The van der Waals surface area contributed by atoms with E-state index in [0.29, 0.717) is 12.8 Å². The van der Waals surface area contributed by atoms with Gasteiger partial charge in [-0.25, -0.2) is 0 Å². The Morgan fingerprint density at radius 3 is 2.62 bits per heavy atom. The minimum absolute atomic E-state index is 0.0592. The topological polar surface area (TPSA) is 70.6 Å². The molecule has 1 aromatic carbocycles. The van der Waals surface area contributed by atoms with Crippen LogP contribution in [0.4, 0.5) is 0 Å². The van der Waals surface area contributed by atoms with Gasteiger partial charge in [-0.2, -0.15) is 0 Å². The number of carbonyl (C=O) groups is 1. The van der Waals surface area contributed by atoms with Gasteiger partial charge in [0, 0.05) is 31.5 Å². The summed E-state index contributed by atoms with van der Waals surface area (Å²) in [5, 5.41) is 17.4. The fraction of sp³-hybridized carbons (Fsp3) is 0.421. The van der Waals surface area contributed by atoms with Gasteiger partial charge in [0.25, 0.3) is 0 Å². The molecule has 0 saturated heterocycles. The molecule has 0 radical (unpaired) electrons. The minimum Gasteiger partial charge on any atom is -0.497 e. The van der Waals surface area contributed by atoms with Crippen molar-refractivity contribution >= 4 is 11.9 Å². The quantitative estimate of drug-likeness (QED) is 0.764. The molecule has 2 aliphatic carbocycles. The van der Waals surface area contributed by atoms with Gasteiger partial charge in [0.05, 0.1) is 18.2 Å². The molecular formula is C19H24N2O3. The van der Waals surface area contributed by atoms with Gasteiger partial charge in [-0.15, -0.1) is 0 Å². The zero-order chi connectivity index (χ0) is 17.4. The van der Waals surface area contributed by atoms with Crippen LogP contribution in [-0.4, -0.2) is 43.2 Å². The minimum atomic E-state index is -0.910. The van der Waals surface area contributed by atoms with Crippen molar-refractivity contribution in [3.63, 3.8) is 0 Å². The average Bonchev–Trinajstić information content (AvgIpc) is 2.60. The molecule has 1 aromatic rings. The Kier molecular flexibility index (Phi) is 4.24. The summed E-state index contributed by atoms with van der Waals surface area (Å²) >= 11 is 0. The Bertz CT molecular complexity index is 695. The molecule has 1 saturated carbocycles. The molecule has 3 unspecified atom stereocenters. The lowest BCUT2D eigenvalue weighted by molar-refractivity contribution is -0.141. The lowest BCUT2D eigenvalue weighted by atomic mass is 9.51. The normalized spacial score (nSPS) is 32.1. The standard InChI is InChI=1S/C19H24N2O3/c1-20-17(10-13-4-6-15(24-3)7-5-13)19(21-2)12-18(23)9-8-14(22)11-16(18)19/h4-10,16,20-21,23H,11-12H2,1-3H3. The van der Waals surface area contributed by atoms with E-state index >= 15 is 0 Å². The summed E-state index contributed by atoms with van der Waals surface area (Å²) in [6.07, 6.45) is 6.09. The van der Waals surface area contributed by atoms with Crippen LogP contribution in [0.5, 0.6) is 5.75 Å². The van der Waals surface area contributed by atoms with E-state index in [-0.39, 0.29) is 11.7 Å². The second-order valence-electron chi connectivity index (χ2n) is 6.53. The van der Waals surface area contributed by atoms with Gasteiger partial charge in [-0.05, 0) is 43.0 Å². The van der Waals surface area contributed by atoms with Gasteiger partial charge in [-0.3, -0.25) is 4.79 Å². The SMILES string of the molecule is CNC(=Cc1ccc(OC)cc1)C1(NC)CC2(O)C=CC(=O)CC21. The van der Waals surface area contributed by atoms with Gasteiger partial charge < -0.3 is 20.5 Å². The van der Waals surface area contributed by atoms with Gasteiger partial charge in [0.15, 0.2) is 5.78 Å². The Balaban J connectivity index is 1.95. The Morgan fingerprint density at radius 2 is 2.04 bits per heavy atom. The summed E-state index contributed by atoms with van der Waals surface area (Å²) in [5.74, 6) is 0.691. The molecule has 0 heterocycles. The van der Waals surface area contributed by atoms with Crippen molar-refractivity contribution in [2.75, 3.05) is 21.2 Å². The number of aliphatic hydroxyl groups is 1. The molecular weight excluding hydrogens is 304 g/mol. The van der Waals surface area contributed by atoms with E-state index < -0.39 is 11.1 Å². The van der Waals surface area contributed by atoms with Crippen molar-refractivity contribution in [3.05, 3.63) is 47.7 Å². The van der Waals surface area contributed by atoms with E-state index in [2.05, 4.69) is 16.7 Å². The van der Waals surface area contributed by atoms with Crippen molar-refractivity contribution in [1.82, 2.24) is 10.6 Å². The largest absolute Gasteiger partial charge is 0.497 e. The highest BCUT2D eigenvalue weighted by atomic mass is 16.5. The van der Waals surface area contributed by atoms with E-state index in [9.17, 15) is 9.90 Å². The fourth-order valence-corrected chi connectivity index (χ4v) is 3.99. The lowest BCUT2D eigenvalue weighted by Crippen LogP contribution is -2.73. The molecule has 24 heavy (non-hydrogen) atoms. The summed E-state index contributed by atoms with van der Waals surface area (Å²) in [4.78, 5) is 11.9. The van der Waals surface area contributed by atoms with Crippen LogP contribution in [0.1, 0.15) is 18.4 Å². The van der Waals surface area contributed by atoms with E-state index in [1.807, 2.05) is 38.4 Å². The van der Waals surface area contributed by atoms with Crippen molar-refractivity contribution in [1.29, 1.82) is 0 Å². The van der Waals surface area contributed by atoms with E-state index in [1.54, 1.807) is 13.2 Å².